The Balaban J connectivity index is 1.47. The fourth-order valence-corrected chi connectivity index (χ4v) is 5.09. The monoisotopic (exact) mass is 452 g/mol. The number of hydrogen-bond donors (Lipinski definition) is 2. The number of nitrogens with two attached hydrogens (primary N) is 1. The van der Waals surface area contributed by atoms with Gasteiger partial charge in [-0.15, -0.1) is 0 Å². The van der Waals surface area contributed by atoms with Crippen LogP contribution in [0.25, 0.3) is 10.8 Å². The molecule has 3 aromatic rings. The molecule has 1 fully saturated rings. The van der Waals surface area contributed by atoms with E-state index in [1.807, 2.05) is 30.3 Å². The largest absolute Gasteiger partial charge is 0.497 e. The highest BCUT2D eigenvalue weighted by Gasteiger charge is 2.35. The number of sulfonamides is 1. The zero-order chi connectivity index (χ0) is 22.7. The van der Waals surface area contributed by atoms with Crippen LogP contribution in [0.2, 0.25) is 0 Å². The van der Waals surface area contributed by atoms with Gasteiger partial charge >= 0.3 is 0 Å². The summed E-state index contributed by atoms with van der Waals surface area (Å²) in [6.07, 6.45) is 1.94. The van der Waals surface area contributed by atoms with Crippen LogP contribution in [0.4, 0.5) is 0 Å². The maximum Gasteiger partial charge on any atom is 0.241 e. The number of carbonyl (C=O) groups excluding carboxylic acids is 1. The van der Waals surface area contributed by atoms with Gasteiger partial charge in [0.1, 0.15) is 11.8 Å². The van der Waals surface area contributed by atoms with Gasteiger partial charge < -0.3 is 15.5 Å². The highest BCUT2D eigenvalue weighted by molar-refractivity contribution is 7.89. The van der Waals surface area contributed by atoms with Crippen molar-refractivity contribution in [3.05, 3.63) is 71.8 Å². The first kappa shape index (κ1) is 21.8. The van der Waals surface area contributed by atoms with Crippen LogP contribution in [-0.2, 0) is 21.4 Å². The Hall–Kier alpha value is -3.43. The van der Waals surface area contributed by atoms with E-state index in [2.05, 4.69) is 9.82 Å². The highest BCUT2D eigenvalue weighted by atomic mass is 32.2. The number of likely N-dealkylation sites (tertiary alicyclic amines) is 1. The normalized spacial score (nSPS) is 16.8. The molecule has 1 atom stereocenters. The van der Waals surface area contributed by atoms with E-state index in [0.717, 1.165) is 21.9 Å². The van der Waals surface area contributed by atoms with Crippen molar-refractivity contribution < 1.29 is 17.9 Å². The van der Waals surface area contributed by atoms with Crippen LogP contribution in [-0.4, -0.2) is 45.1 Å². The number of benzene rings is 3. The van der Waals surface area contributed by atoms with Gasteiger partial charge in [-0.3, -0.25) is 4.79 Å². The maximum atomic E-state index is 12.9. The van der Waals surface area contributed by atoms with E-state index in [4.69, 9.17) is 10.6 Å². The molecule has 3 aromatic carbocycles. The minimum absolute atomic E-state index is 0.121. The van der Waals surface area contributed by atoms with Crippen molar-refractivity contribution in [1.82, 2.24) is 9.62 Å². The zero-order valence-electron chi connectivity index (χ0n) is 17.6. The van der Waals surface area contributed by atoms with Gasteiger partial charge in [0.25, 0.3) is 0 Å². The summed E-state index contributed by atoms with van der Waals surface area (Å²) in [5, 5.41) is 5.15. The van der Waals surface area contributed by atoms with Gasteiger partial charge in [0.15, 0.2) is 0 Å². The summed E-state index contributed by atoms with van der Waals surface area (Å²) in [4.78, 5) is 14.6. The lowest BCUT2D eigenvalue weighted by Gasteiger charge is -2.18. The Kier molecular flexibility index (Phi) is 6.11. The summed E-state index contributed by atoms with van der Waals surface area (Å²) in [5.74, 6) is 5.66. The number of fused-ring (bicyclic) bond motifs is 1. The Morgan fingerprint density at radius 2 is 1.94 bits per heavy atom. The molecule has 32 heavy (non-hydrogen) atoms. The summed E-state index contributed by atoms with van der Waals surface area (Å²) in [5.41, 5.74) is 1.76. The standard InChI is InChI=1S/C23H24N4O4S/c1-31-20-7-5-19-13-21(8-6-18(19)12-20)32(29,30)26-22-9-10-27(23(22)28)15-17-4-2-3-16(11-17)14-25-24/h2-8,11-14,22,26H,9-10,15,24H2,1H3/t22-/m0/s1. The third-order valence-electron chi connectivity index (χ3n) is 5.47. The van der Waals surface area contributed by atoms with E-state index in [0.29, 0.717) is 25.3 Å². The lowest BCUT2D eigenvalue weighted by molar-refractivity contribution is -0.129. The van der Waals surface area contributed by atoms with Gasteiger partial charge in [-0.1, -0.05) is 30.3 Å². The zero-order valence-corrected chi connectivity index (χ0v) is 18.4. The average Bonchev–Trinajstić information content (AvgIpc) is 3.12. The number of hydrazone groups is 1. The van der Waals surface area contributed by atoms with Crippen LogP contribution in [0, 0.1) is 0 Å². The third-order valence-corrected chi connectivity index (χ3v) is 6.94. The Morgan fingerprint density at radius 3 is 2.72 bits per heavy atom. The summed E-state index contributed by atoms with van der Waals surface area (Å²) in [6.45, 7) is 0.861. The van der Waals surface area contributed by atoms with Gasteiger partial charge in [0.05, 0.1) is 18.2 Å². The first-order chi connectivity index (χ1) is 15.4. The minimum atomic E-state index is -3.85. The number of rotatable bonds is 7. The minimum Gasteiger partial charge on any atom is -0.497 e. The molecule has 0 radical (unpaired) electrons. The van der Waals surface area contributed by atoms with Gasteiger partial charge in [-0.05, 0) is 58.7 Å². The molecule has 0 bridgehead atoms. The van der Waals surface area contributed by atoms with E-state index in [-0.39, 0.29) is 10.8 Å². The Labute approximate surface area is 186 Å². The lowest BCUT2D eigenvalue weighted by atomic mass is 10.1. The summed E-state index contributed by atoms with van der Waals surface area (Å²) < 4.78 is 33.7. The van der Waals surface area contributed by atoms with Crippen LogP contribution in [0.5, 0.6) is 5.75 Å². The number of hydrogen-bond acceptors (Lipinski definition) is 6. The predicted molar refractivity (Wildman–Crippen MR) is 123 cm³/mol. The molecule has 1 aliphatic rings. The molecular formula is C23H24N4O4S. The summed E-state index contributed by atoms with van der Waals surface area (Å²) in [7, 11) is -2.27. The molecule has 1 amide bonds. The average molecular weight is 453 g/mol. The number of nitrogens with zero attached hydrogens (tertiary/aromatic N) is 2. The molecule has 166 valence electrons. The first-order valence-electron chi connectivity index (χ1n) is 10.1. The van der Waals surface area contributed by atoms with Crippen molar-refractivity contribution in [3.63, 3.8) is 0 Å². The molecule has 3 N–H and O–H groups in total. The number of methoxy groups -OCH3 is 1. The van der Waals surface area contributed by atoms with Crippen LogP contribution in [0.15, 0.2) is 70.7 Å². The number of amides is 1. The van der Waals surface area contributed by atoms with Crippen molar-refractivity contribution in [2.45, 2.75) is 23.9 Å². The second-order valence-electron chi connectivity index (χ2n) is 7.62. The van der Waals surface area contributed by atoms with Gasteiger partial charge in [-0.2, -0.15) is 9.82 Å². The van der Waals surface area contributed by atoms with E-state index < -0.39 is 16.1 Å². The SMILES string of the molecule is COc1ccc2cc(S(=O)(=O)N[C@H]3CCN(Cc4cccc(C=NN)c4)C3=O)ccc2c1. The molecule has 1 saturated heterocycles. The molecule has 4 rings (SSSR count). The quantitative estimate of drug-likeness (QED) is 0.324. The molecule has 0 aliphatic carbocycles. The molecule has 9 heteroatoms. The first-order valence-corrected chi connectivity index (χ1v) is 11.6. The molecule has 0 aromatic heterocycles. The molecule has 1 aliphatic heterocycles. The van der Waals surface area contributed by atoms with Crippen LogP contribution < -0.4 is 15.3 Å². The van der Waals surface area contributed by atoms with E-state index in [1.54, 1.807) is 36.3 Å². The molecule has 0 saturated carbocycles. The van der Waals surface area contributed by atoms with Crippen LogP contribution in [0.3, 0.4) is 0 Å². The molecule has 1 heterocycles. The number of nitrogens with one attached hydrogen (secondary N) is 1. The number of ether oxygens (including phenoxy) is 1. The Bertz CT molecular complexity index is 1290. The van der Waals surface area contributed by atoms with Gasteiger partial charge in [0.2, 0.25) is 15.9 Å². The van der Waals surface area contributed by atoms with Crippen LogP contribution in [0.1, 0.15) is 17.5 Å². The fourth-order valence-electron chi connectivity index (χ4n) is 3.83. The molecular weight excluding hydrogens is 428 g/mol. The van der Waals surface area contributed by atoms with E-state index in [9.17, 15) is 13.2 Å². The van der Waals surface area contributed by atoms with Crippen molar-refractivity contribution in [1.29, 1.82) is 0 Å². The van der Waals surface area contributed by atoms with E-state index in [1.165, 1.54) is 12.3 Å². The predicted octanol–water partition coefficient (Wildman–Crippen LogP) is 2.22. The second kappa shape index (κ2) is 8.97. The second-order valence-corrected chi connectivity index (χ2v) is 9.33. The number of carbonyl (C=O) groups is 1. The fraction of sp³-hybridized carbons (Fsp3) is 0.217. The van der Waals surface area contributed by atoms with Crippen molar-refractivity contribution in [2.24, 2.45) is 10.9 Å². The highest BCUT2D eigenvalue weighted by Crippen LogP contribution is 2.24. The summed E-state index contributed by atoms with van der Waals surface area (Å²) >= 11 is 0. The smallest absolute Gasteiger partial charge is 0.241 e. The van der Waals surface area contributed by atoms with E-state index >= 15 is 0 Å². The van der Waals surface area contributed by atoms with Gasteiger partial charge in [-0.25, -0.2) is 8.42 Å². The molecule has 0 unspecified atom stereocenters. The van der Waals surface area contributed by atoms with Crippen molar-refractivity contribution in [2.75, 3.05) is 13.7 Å². The lowest BCUT2D eigenvalue weighted by Crippen LogP contribution is -2.41. The van der Waals surface area contributed by atoms with Gasteiger partial charge in [0, 0.05) is 13.1 Å². The van der Waals surface area contributed by atoms with Crippen molar-refractivity contribution >= 4 is 32.9 Å². The Morgan fingerprint density at radius 1 is 1.16 bits per heavy atom. The third kappa shape index (κ3) is 4.58. The maximum absolute atomic E-state index is 12.9. The summed E-state index contributed by atoms with van der Waals surface area (Å²) in [6, 6.07) is 17.0. The van der Waals surface area contributed by atoms with Crippen molar-refractivity contribution in [3.8, 4) is 5.75 Å². The molecule has 0 spiro atoms. The topological polar surface area (TPSA) is 114 Å². The molecule has 8 nitrogen and oxygen atoms in total. The van der Waals surface area contributed by atoms with Crippen LogP contribution >= 0.6 is 0 Å².